The molecule has 134 heavy (non-hydrogen) atoms. The van der Waals surface area contributed by atoms with E-state index in [2.05, 4.69) is 51.5 Å². The first-order valence-electron chi connectivity index (χ1n) is 37.1. The highest BCUT2D eigenvalue weighted by Gasteiger charge is 2.28. The van der Waals surface area contributed by atoms with Gasteiger partial charge in [-0.1, -0.05) is 107 Å². The SMILES string of the molecule is CCCOc1cc(N=Nc2ccc(Cl)cc2)c(Cl)cc1Cc1nc(Cc2cc(Cl)c(N=Nc3ccc(Cl)c(S(=O)(=O)O)c3)cc2OCCCS(=O)(=O)O)nc(N2CCN(c3nc(Nc4cc(Cl)c(N=Nc5ccc(Cl)cc5)cc4OCCC)nc(Nc4cc(Cl)c(N=Nc5ccc(Cl)c(S(=O)(=O)O)c5)cc4OCCCS(=O)(=O)O)n3)CC2)n1.O=S(=O)=O.O=S(=O)=O.O=S(=O)=O.O=S(=O)=O. The minimum absolute atomic E-state index is 0.00420. The van der Waals surface area contributed by atoms with Crippen molar-refractivity contribution < 1.29 is 121 Å². The zero-order valence-corrected chi connectivity index (χ0v) is 80.6. The fourth-order valence-electron chi connectivity index (χ4n) is 10.8. The third-order valence-electron chi connectivity index (χ3n) is 16.4. The molecule has 1 aliphatic rings. The van der Waals surface area contributed by atoms with Gasteiger partial charge < -0.3 is 39.4 Å². The van der Waals surface area contributed by atoms with Crippen LogP contribution in [0.25, 0.3) is 0 Å². The molecule has 1 aliphatic heterocycles. The number of ether oxygens (including phenoxy) is 4. The van der Waals surface area contributed by atoms with Crippen LogP contribution >= 0.6 is 92.8 Å². The van der Waals surface area contributed by atoms with Gasteiger partial charge in [0.2, 0.25) is 23.8 Å². The predicted octanol–water partition coefficient (Wildman–Crippen LogP) is 16.3. The van der Waals surface area contributed by atoms with Crippen molar-refractivity contribution in [3.8, 4) is 23.0 Å². The fraction of sp³-hybridized carbons (Fsp3) is 0.250. The summed E-state index contributed by atoms with van der Waals surface area (Å²) in [7, 11) is -30.9. The van der Waals surface area contributed by atoms with Crippen LogP contribution in [-0.4, -0.2) is 196 Å². The number of nitrogens with zero attached hydrogens (tertiary/aromatic N) is 16. The Bertz CT molecular complexity index is 6580. The van der Waals surface area contributed by atoms with Crippen molar-refractivity contribution >= 4 is 256 Å². The van der Waals surface area contributed by atoms with Crippen molar-refractivity contribution in [1.29, 1.82) is 0 Å². The van der Waals surface area contributed by atoms with Gasteiger partial charge in [-0.3, -0.25) is 18.2 Å². The van der Waals surface area contributed by atoms with E-state index in [0.717, 1.165) is 12.1 Å². The first-order chi connectivity index (χ1) is 63.0. The number of aromatic nitrogens is 6. The minimum Gasteiger partial charge on any atom is -0.493 e. The number of hydrogen-bond acceptors (Lipinski definition) is 42. The Kier molecular flexibility index (Phi) is 42.9. The maximum absolute atomic E-state index is 12.1. The molecular formula is C72H66Cl8N18O28S8. The normalized spacial score (nSPS) is 12.2. The summed E-state index contributed by atoms with van der Waals surface area (Å²) >= 11 is 52.2. The molecule has 11 rings (SSSR count). The van der Waals surface area contributed by atoms with Gasteiger partial charge in [-0.15, -0.1) is 71.0 Å². The third kappa shape index (κ3) is 38.4. The van der Waals surface area contributed by atoms with E-state index in [0.29, 0.717) is 51.1 Å². The summed E-state index contributed by atoms with van der Waals surface area (Å²) in [6, 6.07) is 32.4. The molecule has 0 bridgehead atoms. The molecule has 0 saturated carbocycles. The van der Waals surface area contributed by atoms with Crippen LogP contribution in [0.2, 0.25) is 40.2 Å². The molecule has 0 radical (unpaired) electrons. The highest BCUT2D eigenvalue weighted by molar-refractivity contribution is 7.86. The van der Waals surface area contributed by atoms with E-state index >= 15 is 0 Å². The first-order valence-corrected chi connectivity index (χ1v) is 50.2. The number of halogens is 8. The summed E-state index contributed by atoms with van der Waals surface area (Å²) in [5.74, 6) is -0.212. The maximum Gasteiger partial charge on any atom is 0.425 e. The molecule has 10 aromatic rings. The molecule has 0 atom stereocenters. The lowest BCUT2D eigenvalue weighted by Gasteiger charge is -2.35. The van der Waals surface area contributed by atoms with Crippen LogP contribution in [0.15, 0.2) is 184 Å². The lowest BCUT2D eigenvalue weighted by atomic mass is 10.1. The zero-order valence-electron chi connectivity index (χ0n) is 68.0. The summed E-state index contributed by atoms with van der Waals surface area (Å²) in [6.07, 6.45) is 0.677. The van der Waals surface area contributed by atoms with Gasteiger partial charge in [-0.25, -0.2) is 4.98 Å². The van der Waals surface area contributed by atoms with Gasteiger partial charge in [0, 0.05) is 84.5 Å². The fourth-order valence-corrected chi connectivity index (χ4v) is 14.9. The van der Waals surface area contributed by atoms with Gasteiger partial charge in [0.25, 0.3) is 40.5 Å². The van der Waals surface area contributed by atoms with E-state index in [1.165, 1.54) is 48.5 Å². The molecule has 0 spiro atoms. The number of benzene rings is 8. The maximum atomic E-state index is 12.1. The Balaban J connectivity index is 0.00000142. The van der Waals surface area contributed by atoms with Crippen molar-refractivity contribution in [3.63, 3.8) is 0 Å². The summed E-state index contributed by atoms with van der Waals surface area (Å²) in [5, 5.41) is 41.3. The highest BCUT2D eigenvalue weighted by Crippen LogP contribution is 2.44. The Hall–Kier alpha value is -11.0. The molecule has 46 nitrogen and oxygen atoms in total. The van der Waals surface area contributed by atoms with E-state index < -0.39 is 104 Å². The second kappa shape index (κ2) is 52.2. The Morgan fingerprint density at radius 2 is 0.642 bits per heavy atom. The average molecular weight is 2170 g/mol. The summed E-state index contributed by atoms with van der Waals surface area (Å²) in [6.45, 7) is 4.48. The monoisotopic (exact) mass is 2170 g/mol. The molecular weight excluding hydrogens is 2110 g/mol. The zero-order chi connectivity index (χ0) is 99.0. The third-order valence-corrected chi connectivity index (χ3v) is 22.4. The quantitative estimate of drug-likeness (QED) is 0.0121. The summed E-state index contributed by atoms with van der Waals surface area (Å²) in [5.41, 5.74) is 2.57. The minimum atomic E-state index is -4.79. The predicted molar refractivity (Wildman–Crippen MR) is 488 cm³/mol. The van der Waals surface area contributed by atoms with Crippen LogP contribution in [0.5, 0.6) is 23.0 Å². The molecule has 8 aromatic carbocycles. The summed E-state index contributed by atoms with van der Waals surface area (Å²) in [4.78, 5) is 32.1. The molecule has 1 saturated heterocycles. The largest absolute Gasteiger partial charge is 0.493 e. The molecule has 716 valence electrons. The number of hydrogen-bond donors (Lipinski definition) is 6. The van der Waals surface area contributed by atoms with E-state index in [1.807, 2.05) is 23.6 Å². The molecule has 2 aromatic heterocycles. The Morgan fingerprint density at radius 1 is 0.351 bits per heavy atom. The topological polar surface area (TPSA) is 666 Å². The van der Waals surface area contributed by atoms with Crippen LogP contribution in [-0.2, 0) is 95.7 Å². The van der Waals surface area contributed by atoms with Gasteiger partial charge in [-0.2, -0.15) is 79.0 Å². The number of azo groups is 4. The summed E-state index contributed by atoms with van der Waals surface area (Å²) < 4.78 is 261. The van der Waals surface area contributed by atoms with Crippen LogP contribution in [0.1, 0.15) is 62.3 Å². The molecule has 0 unspecified atom stereocenters. The lowest BCUT2D eigenvalue weighted by Crippen LogP contribution is -2.48. The molecule has 1 fully saturated rings. The van der Waals surface area contributed by atoms with E-state index in [9.17, 15) is 51.9 Å². The highest BCUT2D eigenvalue weighted by atomic mass is 35.5. The van der Waals surface area contributed by atoms with Crippen LogP contribution < -0.4 is 39.4 Å². The van der Waals surface area contributed by atoms with E-state index in [-0.39, 0.29) is 207 Å². The van der Waals surface area contributed by atoms with Crippen molar-refractivity contribution in [2.24, 2.45) is 40.9 Å². The molecule has 62 heteroatoms. The Labute approximate surface area is 807 Å². The van der Waals surface area contributed by atoms with Gasteiger partial charge >= 0.3 is 42.4 Å². The lowest BCUT2D eigenvalue weighted by molar-refractivity contribution is 0.313. The molecule has 0 aliphatic carbocycles. The van der Waals surface area contributed by atoms with E-state index in [1.54, 1.807) is 72.8 Å². The number of rotatable bonds is 36. The molecule has 0 amide bonds. The first kappa shape index (κ1) is 110. The van der Waals surface area contributed by atoms with Crippen LogP contribution in [0.4, 0.5) is 80.7 Å². The van der Waals surface area contributed by atoms with Crippen molar-refractivity contribution in [1.82, 2.24) is 29.9 Å². The van der Waals surface area contributed by atoms with Gasteiger partial charge in [0.1, 0.15) is 67.2 Å². The second-order valence-electron chi connectivity index (χ2n) is 26.2. The smallest absolute Gasteiger partial charge is 0.425 e. The second-order valence-corrected chi connectivity index (χ2v) is 37.0. The van der Waals surface area contributed by atoms with Crippen molar-refractivity contribution in [2.45, 2.75) is 62.2 Å². The van der Waals surface area contributed by atoms with Crippen molar-refractivity contribution in [2.75, 3.05) is 84.5 Å². The molecule has 3 heterocycles. The van der Waals surface area contributed by atoms with Crippen LogP contribution in [0.3, 0.4) is 0 Å². The van der Waals surface area contributed by atoms with Crippen LogP contribution in [0, 0.1) is 0 Å². The Morgan fingerprint density at radius 3 is 0.970 bits per heavy atom. The van der Waals surface area contributed by atoms with Crippen molar-refractivity contribution in [3.05, 3.63) is 196 Å². The average Bonchev–Trinajstić information content (AvgIpc) is 0.767. The van der Waals surface area contributed by atoms with Gasteiger partial charge in [0.05, 0.1) is 102 Å². The standard InChI is InChI=1S/C72H66Cl8N18O16S4.4O3S/c1-3-23-111-61-37-55(93-89-45-11-7-43(73)8-12-45)51(77)29-41(61)31-67-83-68(32-42-30-52(78)56(38-62(42)113-25-5-27-115(99,100)101)95-91-47-15-17-49(75)65(33-47)117(105,106)107)85-71(84-67)97-19-21-98(22-20-97)72-87-69(81-59-35-53(79)57(39-63(59)112-24-4-2)94-90-46-13-9-44(74)10-14-46)86-70(88-72)82-60-36-54(80)58(40-64(60)114-26-6-28-116(102,103)104)96-92-48-16-18-50(76)66(34-48)118(108,109)110;4*1-4(2)3/h7-18,29-30,33-40H,3-6,19-28,31-32H2,1-2H3,(H,99,100,101)(H,102,103,104)(H,105,106,107)(H,108,109,110)(H2,81,82,86,87,88);;;;. The number of nitrogens with one attached hydrogen (secondary N) is 2. The van der Waals surface area contributed by atoms with Gasteiger partial charge in [0.15, 0.2) is 0 Å². The van der Waals surface area contributed by atoms with Gasteiger partial charge in [-0.05, 0) is 135 Å². The number of anilines is 6. The number of piperazine rings is 1. The molecule has 6 N–H and O–H groups in total. The van der Waals surface area contributed by atoms with E-state index in [4.69, 9.17) is 192 Å².